The highest BCUT2D eigenvalue weighted by Crippen LogP contribution is 2.16. The normalized spacial score (nSPS) is 24.2. The first-order valence-corrected chi connectivity index (χ1v) is 4.18. The SMILES string of the molecule is Cn1nccc1[C@@H]1CNCCO1. The maximum absolute atomic E-state index is 5.58. The number of hydrogen-bond acceptors (Lipinski definition) is 3. The molecule has 4 nitrogen and oxygen atoms in total. The van der Waals surface area contributed by atoms with Crippen LogP contribution in [-0.2, 0) is 11.8 Å². The molecule has 0 bridgehead atoms. The second-order valence-electron chi connectivity index (χ2n) is 2.94. The van der Waals surface area contributed by atoms with Crippen molar-refractivity contribution >= 4 is 0 Å². The molecular weight excluding hydrogens is 154 g/mol. The highest BCUT2D eigenvalue weighted by atomic mass is 16.5. The Morgan fingerprint density at radius 1 is 1.75 bits per heavy atom. The van der Waals surface area contributed by atoms with Crippen molar-refractivity contribution in [2.75, 3.05) is 19.7 Å². The van der Waals surface area contributed by atoms with E-state index < -0.39 is 0 Å². The molecular formula is C8H13N3O. The molecule has 0 aliphatic carbocycles. The molecule has 1 atom stereocenters. The lowest BCUT2D eigenvalue weighted by atomic mass is 10.2. The van der Waals surface area contributed by atoms with Gasteiger partial charge >= 0.3 is 0 Å². The van der Waals surface area contributed by atoms with Crippen LogP contribution in [0.1, 0.15) is 11.8 Å². The predicted molar refractivity (Wildman–Crippen MR) is 44.8 cm³/mol. The smallest absolute Gasteiger partial charge is 0.112 e. The number of morpholine rings is 1. The first-order chi connectivity index (χ1) is 5.88. The second kappa shape index (κ2) is 3.25. The van der Waals surface area contributed by atoms with E-state index in [9.17, 15) is 0 Å². The first-order valence-electron chi connectivity index (χ1n) is 4.18. The molecule has 0 radical (unpaired) electrons. The van der Waals surface area contributed by atoms with Crippen molar-refractivity contribution in [2.24, 2.45) is 7.05 Å². The summed E-state index contributed by atoms with van der Waals surface area (Å²) >= 11 is 0. The van der Waals surface area contributed by atoms with Crippen molar-refractivity contribution in [3.8, 4) is 0 Å². The molecule has 1 aromatic heterocycles. The van der Waals surface area contributed by atoms with Gasteiger partial charge in [0.25, 0.3) is 0 Å². The summed E-state index contributed by atoms with van der Waals surface area (Å²) in [5.74, 6) is 0. The van der Waals surface area contributed by atoms with Gasteiger partial charge in [0.15, 0.2) is 0 Å². The zero-order chi connectivity index (χ0) is 8.39. The zero-order valence-corrected chi connectivity index (χ0v) is 7.16. The van der Waals surface area contributed by atoms with Crippen molar-refractivity contribution < 1.29 is 4.74 Å². The lowest BCUT2D eigenvalue weighted by Crippen LogP contribution is -2.34. The van der Waals surface area contributed by atoms with Gasteiger partial charge in [-0.15, -0.1) is 0 Å². The van der Waals surface area contributed by atoms with Crippen LogP contribution in [0.4, 0.5) is 0 Å². The van der Waals surface area contributed by atoms with E-state index in [0.717, 1.165) is 25.4 Å². The zero-order valence-electron chi connectivity index (χ0n) is 7.16. The monoisotopic (exact) mass is 167 g/mol. The Morgan fingerprint density at radius 2 is 2.67 bits per heavy atom. The standard InChI is InChI=1S/C8H13N3O/c1-11-7(2-3-10-11)8-6-9-4-5-12-8/h2-3,8-9H,4-6H2,1H3/t8-/m0/s1. The molecule has 4 heteroatoms. The summed E-state index contributed by atoms with van der Waals surface area (Å²) in [4.78, 5) is 0. The van der Waals surface area contributed by atoms with Crippen LogP contribution in [0.3, 0.4) is 0 Å². The number of ether oxygens (including phenoxy) is 1. The third-order valence-corrected chi connectivity index (χ3v) is 2.12. The van der Waals surface area contributed by atoms with Crippen LogP contribution in [0.15, 0.2) is 12.3 Å². The fourth-order valence-corrected chi connectivity index (χ4v) is 1.46. The van der Waals surface area contributed by atoms with Gasteiger partial charge in [0.1, 0.15) is 6.10 Å². The van der Waals surface area contributed by atoms with Crippen molar-refractivity contribution in [1.82, 2.24) is 15.1 Å². The third-order valence-electron chi connectivity index (χ3n) is 2.12. The quantitative estimate of drug-likeness (QED) is 0.644. The third kappa shape index (κ3) is 1.35. The summed E-state index contributed by atoms with van der Waals surface area (Å²) in [6.07, 6.45) is 1.97. The van der Waals surface area contributed by atoms with Crippen LogP contribution in [0.2, 0.25) is 0 Å². The molecule has 12 heavy (non-hydrogen) atoms. The molecule has 1 fully saturated rings. The van der Waals surface area contributed by atoms with E-state index >= 15 is 0 Å². The van der Waals surface area contributed by atoms with Gasteiger partial charge in [-0.05, 0) is 6.07 Å². The predicted octanol–water partition coefficient (Wildman–Crippen LogP) is 0.0810. The molecule has 1 N–H and O–H groups in total. The van der Waals surface area contributed by atoms with Crippen molar-refractivity contribution in [3.63, 3.8) is 0 Å². The Labute approximate surface area is 71.5 Å². The molecule has 0 unspecified atom stereocenters. The molecule has 0 saturated carbocycles. The highest BCUT2D eigenvalue weighted by Gasteiger charge is 2.17. The summed E-state index contributed by atoms with van der Waals surface area (Å²) in [5.41, 5.74) is 1.14. The Kier molecular flexibility index (Phi) is 2.10. The molecule has 1 aromatic rings. The topological polar surface area (TPSA) is 39.1 Å². The van der Waals surface area contributed by atoms with Crippen molar-refractivity contribution in [3.05, 3.63) is 18.0 Å². The van der Waals surface area contributed by atoms with Crippen LogP contribution in [-0.4, -0.2) is 29.5 Å². The van der Waals surface area contributed by atoms with Crippen LogP contribution >= 0.6 is 0 Å². The Bertz CT molecular complexity index is 253. The van der Waals surface area contributed by atoms with Crippen LogP contribution < -0.4 is 5.32 Å². The number of rotatable bonds is 1. The van der Waals surface area contributed by atoms with E-state index in [1.54, 1.807) is 6.20 Å². The first kappa shape index (κ1) is 7.76. The van der Waals surface area contributed by atoms with Crippen molar-refractivity contribution in [1.29, 1.82) is 0 Å². The summed E-state index contributed by atoms with van der Waals surface area (Å²) in [5, 5.41) is 7.38. The van der Waals surface area contributed by atoms with Crippen LogP contribution in [0, 0.1) is 0 Å². The molecule has 1 aliphatic heterocycles. The summed E-state index contributed by atoms with van der Waals surface area (Å²) in [6, 6.07) is 2.00. The molecule has 0 amide bonds. The molecule has 1 saturated heterocycles. The summed E-state index contributed by atoms with van der Waals surface area (Å²) in [6.45, 7) is 2.63. The van der Waals surface area contributed by atoms with E-state index in [1.165, 1.54) is 0 Å². The molecule has 0 spiro atoms. The fraction of sp³-hybridized carbons (Fsp3) is 0.625. The van der Waals surface area contributed by atoms with Gasteiger partial charge in [0.2, 0.25) is 0 Å². The Hall–Kier alpha value is -0.870. The van der Waals surface area contributed by atoms with E-state index in [-0.39, 0.29) is 6.10 Å². The number of nitrogens with zero attached hydrogens (tertiary/aromatic N) is 2. The van der Waals surface area contributed by atoms with Gasteiger partial charge < -0.3 is 10.1 Å². The van der Waals surface area contributed by atoms with Gasteiger partial charge in [-0.25, -0.2) is 0 Å². The lowest BCUT2D eigenvalue weighted by Gasteiger charge is -2.23. The number of aromatic nitrogens is 2. The highest BCUT2D eigenvalue weighted by molar-refractivity contribution is 5.05. The molecule has 2 rings (SSSR count). The largest absolute Gasteiger partial charge is 0.369 e. The van der Waals surface area contributed by atoms with Gasteiger partial charge in [0, 0.05) is 26.3 Å². The van der Waals surface area contributed by atoms with Gasteiger partial charge in [-0.2, -0.15) is 5.10 Å². The molecule has 2 heterocycles. The number of aryl methyl sites for hydroxylation is 1. The Morgan fingerprint density at radius 3 is 3.25 bits per heavy atom. The van der Waals surface area contributed by atoms with Gasteiger partial charge in [-0.3, -0.25) is 4.68 Å². The number of hydrogen-bond donors (Lipinski definition) is 1. The summed E-state index contributed by atoms with van der Waals surface area (Å²) < 4.78 is 7.44. The minimum atomic E-state index is 0.172. The summed E-state index contributed by atoms with van der Waals surface area (Å²) in [7, 11) is 1.94. The van der Waals surface area contributed by atoms with Gasteiger partial charge in [-0.1, -0.05) is 0 Å². The van der Waals surface area contributed by atoms with E-state index in [2.05, 4.69) is 10.4 Å². The fourth-order valence-electron chi connectivity index (χ4n) is 1.46. The van der Waals surface area contributed by atoms with E-state index in [1.807, 2.05) is 17.8 Å². The minimum absolute atomic E-state index is 0.172. The maximum Gasteiger partial charge on any atom is 0.112 e. The molecule has 66 valence electrons. The second-order valence-corrected chi connectivity index (χ2v) is 2.94. The minimum Gasteiger partial charge on any atom is -0.369 e. The van der Waals surface area contributed by atoms with Crippen LogP contribution in [0.25, 0.3) is 0 Å². The number of nitrogens with one attached hydrogen (secondary N) is 1. The van der Waals surface area contributed by atoms with E-state index in [0.29, 0.717) is 0 Å². The average molecular weight is 167 g/mol. The van der Waals surface area contributed by atoms with Crippen molar-refractivity contribution in [2.45, 2.75) is 6.10 Å². The molecule has 0 aromatic carbocycles. The van der Waals surface area contributed by atoms with Gasteiger partial charge in [0.05, 0.1) is 12.3 Å². The van der Waals surface area contributed by atoms with Crippen LogP contribution in [0.5, 0.6) is 0 Å². The Balaban J connectivity index is 2.13. The average Bonchev–Trinajstić information content (AvgIpc) is 2.53. The van der Waals surface area contributed by atoms with E-state index in [4.69, 9.17) is 4.74 Å². The lowest BCUT2D eigenvalue weighted by molar-refractivity contribution is 0.0227. The molecule has 1 aliphatic rings. The maximum atomic E-state index is 5.58.